The summed E-state index contributed by atoms with van der Waals surface area (Å²) in [5.74, 6) is 2.14. The van der Waals surface area contributed by atoms with Crippen molar-refractivity contribution < 1.29 is 55.2 Å². The molecule has 2 heterocycles. The minimum atomic E-state index is -0.141. The highest BCUT2D eigenvalue weighted by atomic mass is 35.5. The Morgan fingerprint density at radius 2 is 1.81 bits per heavy atom. The molecule has 1 aromatic rings. The molecule has 2 unspecified atom stereocenters. The molecule has 3 rings (SSSR count). The summed E-state index contributed by atoms with van der Waals surface area (Å²) < 4.78 is 11.8. The van der Waals surface area contributed by atoms with Crippen LogP contribution < -0.4 is 44.9 Å². The fraction of sp³-hybridized carbons (Fsp3) is 0.611. The van der Waals surface area contributed by atoms with Gasteiger partial charge in [-0.15, -0.1) is 0 Å². The number of carbonyl (C=O) groups excluding carboxylic acids is 1. The van der Waals surface area contributed by atoms with E-state index in [-0.39, 0.29) is 54.3 Å². The number of halogens is 2. The molecule has 2 atom stereocenters. The molecule has 0 radical (unpaired) electrons. The summed E-state index contributed by atoms with van der Waals surface area (Å²) in [7, 11) is 0. The molecule has 0 bridgehead atoms. The molecular formula is C18H31Cl2N3O4. The van der Waals surface area contributed by atoms with Gasteiger partial charge in [0.2, 0.25) is 0 Å². The maximum absolute atomic E-state index is 12.4. The second-order valence-electron chi connectivity index (χ2n) is 7.13. The average molecular weight is 424 g/mol. The van der Waals surface area contributed by atoms with Gasteiger partial charge in [0.25, 0.3) is 5.91 Å². The predicted molar refractivity (Wildman–Crippen MR) is 93.6 cm³/mol. The van der Waals surface area contributed by atoms with E-state index >= 15 is 0 Å². The van der Waals surface area contributed by atoms with Gasteiger partial charge >= 0.3 is 0 Å². The van der Waals surface area contributed by atoms with E-state index in [9.17, 15) is 4.79 Å². The van der Waals surface area contributed by atoms with E-state index in [4.69, 9.17) is 9.47 Å². The maximum Gasteiger partial charge on any atom is 0.281 e. The van der Waals surface area contributed by atoms with Crippen LogP contribution in [-0.2, 0) is 4.79 Å². The smallest absolute Gasteiger partial charge is 0.281 e. The van der Waals surface area contributed by atoms with E-state index in [0.717, 1.165) is 44.2 Å². The van der Waals surface area contributed by atoms with Crippen molar-refractivity contribution in [3.05, 3.63) is 24.3 Å². The lowest BCUT2D eigenvalue weighted by atomic mass is 10.0. The summed E-state index contributed by atoms with van der Waals surface area (Å²) in [5.41, 5.74) is 4.01. The van der Waals surface area contributed by atoms with Crippen molar-refractivity contribution in [2.75, 3.05) is 39.3 Å². The van der Waals surface area contributed by atoms with Crippen LogP contribution in [0.3, 0.4) is 0 Å². The monoisotopic (exact) mass is 423 g/mol. The number of piperazine rings is 1. The number of carbonyl (C=O) groups is 1. The van der Waals surface area contributed by atoms with Crippen molar-refractivity contribution in [2.45, 2.75) is 26.0 Å². The van der Waals surface area contributed by atoms with Crippen molar-refractivity contribution in [2.24, 2.45) is 5.92 Å². The number of nitrogens with zero attached hydrogens (tertiary/aromatic N) is 1. The number of para-hydroxylation sites is 2. The first-order chi connectivity index (χ1) is 11.5. The quantitative estimate of drug-likeness (QED) is 0.502. The van der Waals surface area contributed by atoms with Crippen LogP contribution in [0.15, 0.2) is 24.3 Å². The molecule has 27 heavy (non-hydrogen) atoms. The lowest BCUT2D eigenvalue weighted by Crippen LogP contribution is -3.16. The molecule has 1 aromatic carbocycles. The van der Waals surface area contributed by atoms with Gasteiger partial charge in [-0.3, -0.25) is 4.79 Å². The standard InChI is InChI=1S/C18H27N3O3.2ClH.H2O/c1-13(2)17(19)18(22)21-9-7-20(8-10-21)11-14-12-23-15-5-3-4-6-16(15)24-14;;;/h3-6,13-14,17H,7-12,19H2,1-2H3;2*1H;1H2. The van der Waals surface area contributed by atoms with Crippen LogP contribution in [0.5, 0.6) is 11.5 Å². The summed E-state index contributed by atoms with van der Waals surface area (Å²) in [6.45, 7) is 9.13. The molecule has 0 aliphatic carbocycles. The first-order valence-corrected chi connectivity index (χ1v) is 8.88. The van der Waals surface area contributed by atoms with Crippen LogP contribution in [-0.4, -0.2) is 67.8 Å². The second-order valence-corrected chi connectivity index (χ2v) is 7.13. The summed E-state index contributed by atoms with van der Waals surface area (Å²) in [5, 5.41) is 0. The fourth-order valence-corrected chi connectivity index (χ4v) is 3.25. The molecule has 2 aliphatic heterocycles. The number of benzene rings is 1. The molecule has 2 aliphatic rings. The first kappa shape index (κ1) is 25.8. The molecular weight excluding hydrogens is 393 g/mol. The molecule has 1 amide bonds. The molecule has 1 fully saturated rings. The Morgan fingerprint density at radius 1 is 1.22 bits per heavy atom. The van der Waals surface area contributed by atoms with Crippen LogP contribution >= 0.6 is 0 Å². The number of amides is 1. The third-order valence-electron chi connectivity index (χ3n) is 4.99. The van der Waals surface area contributed by atoms with Crippen LogP contribution in [0.2, 0.25) is 0 Å². The number of hydrogen-bond donors (Lipinski definition) is 2. The normalized spacial score (nSPS) is 20.0. The maximum atomic E-state index is 12.4. The summed E-state index contributed by atoms with van der Waals surface area (Å²) in [6.07, 6.45) is 0.0772. The highest BCUT2D eigenvalue weighted by molar-refractivity contribution is 5.80. The van der Waals surface area contributed by atoms with Crippen LogP contribution in [0.25, 0.3) is 0 Å². The Balaban J connectivity index is 0.00000225. The number of ether oxygens (including phenoxy) is 2. The lowest BCUT2D eigenvalue weighted by molar-refractivity contribution is -0.906. The van der Waals surface area contributed by atoms with Gasteiger partial charge in [0, 0.05) is 5.92 Å². The number of hydrogen-bond acceptors (Lipinski definition) is 3. The first-order valence-electron chi connectivity index (χ1n) is 8.88. The van der Waals surface area contributed by atoms with Gasteiger partial charge in [-0.2, -0.15) is 0 Å². The van der Waals surface area contributed by atoms with E-state index in [1.165, 1.54) is 4.90 Å². The van der Waals surface area contributed by atoms with E-state index in [1.807, 2.05) is 29.2 Å². The van der Waals surface area contributed by atoms with Crippen molar-refractivity contribution >= 4 is 5.91 Å². The summed E-state index contributed by atoms with van der Waals surface area (Å²) in [6, 6.07) is 7.67. The fourth-order valence-electron chi connectivity index (χ4n) is 3.25. The summed E-state index contributed by atoms with van der Waals surface area (Å²) in [4.78, 5) is 15.8. The van der Waals surface area contributed by atoms with Crippen molar-refractivity contribution in [1.82, 2.24) is 4.90 Å². The predicted octanol–water partition coefficient (Wildman–Crippen LogP) is -8.00. The van der Waals surface area contributed by atoms with Crippen molar-refractivity contribution in [1.29, 1.82) is 0 Å². The molecule has 6 N–H and O–H groups in total. The van der Waals surface area contributed by atoms with Crippen LogP contribution in [0, 0.1) is 5.92 Å². The number of rotatable bonds is 4. The minimum absolute atomic E-state index is 0. The molecule has 9 heteroatoms. The SMILES string of the molecule is CC(C)C([NH3+])C(=O)N1CC[NH+](CC2COc3ccccc3O2)CC1.O.[Cl-].[Cl-]. The van der Waals surface area contributed by atoms with Gasteiger partial charge < -0.3 is 55.3 Å². The van der Waals surface area contributed by atoms with E-state index in [0.29, 0.717) is 6.61 Å². The number of fused-ring (bicyclic) bond motifs is 1. The molecule has 156 valence electrons. The van der Waals surface area contributed by atoms with Crippen LogP contribution in [0.4, 0.5) is 0 Å². The van der Waals surface area contributed by atoms with E-state index < -0.39 is 0 Å². The Morgan fingerprint density at radius 3 is 2.41 bits per heavy atom. The zero-order chi connectivity index (χ0) is 17.1. The lowest BCUT2D eigenvalue weighted by Gasteiger charge is -2.35. The Bertz CT molecular complexity index is 583. The average Bonchev–Trinajstić information content (AvgIpc) is 2.61. The van der Waals surface area contributed by atoms with Gasteiger partial charge in [-0.25, -0.2) is 0 Å². The molecule has 1 saturated heterocycles. The Kier molecular flexibility index (Phi) is 11.0. The third-order valence-corrected chi connectivity index (χ3v) is 4.99. The van der Waals surface area contributed by atoms with Gasteiger partial charge in [0.1, 0.15) is 13.2 Å². The molecule has 7 nitrogen and oxygen atoms in total. The topological polar surface area (TPSA) is 102 Å². The van der Waals surface area contributed by atoms with E-state index in [2.05, 4.69) is 19.6 Å². The highest BCUT2D eigenvalue weighted by Crippen LogP contribution is 2.30. The Labute approximate surface area is 173 Å². The zero-order valence-corrected chi connectivity index (χ0v) is 17.4. The number of quaternary nitrogens is 2. The highest BCUT2D eigenvalue weighted by Gasteiger charge is 2.32. The van der Waals surface area contributed by atoms with Crippen molar-refractivity contribution in [3.63, 3.8) is 0 Å². The largest absolute Gasteiger partial charge is 1.00 e. The van der Waals surface area contributed by atoms with Gasteiger partial charge in [-0.05, 0) is 12.1 Å². The van der Waals surface area contributed by atoms with Gasteiger partial charge in [0.15, 0.2) is 23.6 Å². The van der Waals surface area contributed by atoms with Crippen LogP contribution in [0.1, 0.15) is 13.8 Å². The molecule has 0 aromatic heterocycles. The Hall–Kier alpha value is -1.25. The van der Waals surface area contributed by atoms with Gasteiger partial charge in [-0.1, -0.05) is 26.0 Å². The third kappa shape index (κ3) is 6.40. The van der Waals surface area contributed by atoms with Gasteiger partial charge in [0.05, 0.1) is 26.2 Å². The summed E-state index contributed by atoms with van der Waals surface area (Å²) >= 11 is 0. The molecule has 0 saturated carbocycles. The van der Waals surface area contributed by atoms with Crippen molar-refractivity contribution in [3.8, 4) is 11.5 Å². The molecule has 0 spiro atoms. The second kappa shape index (κ2) is 11.6. The minimum Gasteiger partial charge on any atom is -1.00 e. The van der Waals surface area contributed by atoms with E-state index in [1.54, 1.807) is 0 Å². The number of nitrogens with one attached hydrogen (secondary N) is 1. The zero-order valence-electron chi connectivity index (χ0n) is 15.9.